The highest BCUT2D eigenvalue weighted by Crippen LogP contribution is 2.39. The first kappa shape index (κ1) is 23.3. The van der Waals surface area contributed by atoms with E-state index in [1.165, 1.54) is 0 Å². The number of hydrogen-bond acceptors (Lipinski definition) is 6. The number of fused-ring (bicyclic) bond motifs is 1. The Bertz CT molecular complexity index is 635. The van der Waals surface area contributed by atoms with Crippen molar-refractivity contribution in [3.8, 4) is 0 Å². The average molecular weight is 425 g/mol. The van der Waals surface area contributed by atoms with Crippen LogP contribution < -0.4 is 5.43 Å². The van der Waals surface area contributed by atoms with Crippen molar-refractivity contribution >= 4 is 12.0 Å². The van der Waals surface area contributed by atoms with E-state index in [4.69, 9.17) is 4.74 Å². The summed E-state index contributed by atoms with van der Waals surface area (Å²) in [6.07, 6.45) is 2.42. The van der Waals surface area contributed by atoms with E-state index in [1.54, 1.807) is 6.92 Å². The van der Waals surface area contributed by atoms with Gasteiger partial charge in [0.25, 0.3) is 0 Å². The second kappa shape index (κ2) is 9.01. The number of amides is 2. The predicted molar refractivity (Wildman–Crippen MR) is 115 cm³/mol. The molecule has 2 amide bonds. The summed E-state index contributed by atoms with van der Waals surface area (Å²) >= 11 is 0. The van der Waals surface area contributed by atoms with Gasteiger partial charge in [0.1, 0.15) is 0 Å². The molecule has 2 saturated heterocycles. The van der Waals surface area contributed by atoms with Crippen molar-refractivity contribution < 1.29 is 19.4 Å². The number of nitrogens with one attached hydrogen (secondary N) is 1. The van der Waals surface area contributed by atoms with Gasteiger partial charge in [-0.05, 0) is 65.7 Å². The number of carbonyl (C=O) groups excluding carboxylic acids is 2. The van der Waals surface area contributed by atoms with E-state index in [9.17, 15) is 14.7 Å². The van der Waals surface area contributed by atoms with E-state index < -0.39 is 5.60 Å². The standard InChI is InChI=1S/C22H40N4O4/c1-14(2)30-21(28)25-11-15(3)26(16(4)27)19-8-7-17(9-20(19)25)18-10-23-24(12-18)13-22(5,6)29/h14-15,17-20,23,29H,7-13H2,1-6H3/t15-,17?,18?,19?,20?/m0/s1. The second-order valence-electron chi connectivity index (χ2n) is 10.4. The molecule has 4 unspecified atom stereocenters. The Kier molecular flexibility index (Phi) is 6.99. The van der Waals surface area contributed by atoms with Gasteiger partial charge in [0.15, 0.2) is 0 Å². The van der Waals surface area contributed by atoms with Crippen LogP contribution in [0.4, 0.5) is 4.79 Å². The molecule has 30 heavy (non-hydrogen) atoms. The van der Waals surface area contributed by atoms with E-state index >= 15 is 0 Å². The lowest BCUT2D eigenvalue weighted by atomic mass is 9.73. The highest BCUT2D eigenvalue weighted by atomic mass is 16.6. The van der Waals surface area contributed by atoms with E-state index in [2.05, 4.69) is 10.4 Å². The third kappa shape index (κ3) is 5.26. The molecule has 8 heteroatoms. The van der Waals surface area contributed by atoms with Gasteiger partial charge in [-0.25, -0.2) is 9.80 Å². The summed E-state index contributed by atoms with van der Waals surface area (Å²) in [5, 5.41) is 12.2. The van der Waals surface area contributed by atoms with Crippen LogP contribution in [0.15, 0.2) is 0 Å². The number of hydrogen-bond donors (Lipinski definition) is 2. The van der Waals surface area contributed by atoms with Crippen molar-refractivity contribution in [2.24, 2.45) is 11.8 Å². The summed E-state index contributed by atoms with van der Waals surface area (Å²) in [5.41, 5.74) is 2.69. The average Bonchev–Trinajstić information content (AvgIpc) is 3.06. The van der Waals surface area contributed by atoms with Gasteiger partial charge in [-0.2, -0.15) is 0 Å². The van der Waals surface area contributed by atoms with E-state index in [-0.39, 0.29) is 36.2 Å². The van der Waals surface area contributed by atoms with Crippen LogP contribution in [0, 0.1) is 11.8 Å². The molecule has 172 valence electrons. The molecule has 0 aromatic rings. The minimum absolute atomic E-state index is 0.00145. The Morgan fingerprint density at radius 1 is 1.17 bits per heavy atom. The fraction of sp³-hybridized carbons (Fsp3) is 0.909. The molecule has 0 spiro atoms. The van der Waals surface area contributed by atoms with E-state index in [1.807, 2.05) is 44.4 Å². The van der Waals surface area contributed by atoms with Gasteiger partial charge < -0.3 is 19.6 Å². The molecule has 3 fully saturated rings. The summed E-state index contributed by atoms with van der Waals surface area (Å²) < 4.78 is 5.55. The number of hydrazine groups is 1. The maximum atomic E-state index is 12.9. The van der Waals surface area contributed by atoms with Gasteiger partial charge in [0, 0.05) is 39.1 Å². The number of nitrogens with zero attached hydrogens (tertiary/aromatic N) is 3. The molecule has 0 radical (unpaired) electrons. The summed E-state index contributed by atoms with van der Waals surface area (Å²) in [4.78, 5) is 29.1. The third-order valence-electron chi connectivity index (χ3n) is 6.73. The Morgan fingerprint density at radius 3 is 2.47 bits per heavy atom. The first-order valence-electron chi connectivity index (χ1n) is 11.4. The van der Waals surface area contributed by atoms with E-state index in [0.717, 1.165) is 32.4 Å². The molecule has 0 bridgehead atoms. The first-order valence-corrected chi connectivity index (χ1v) is 11.4. The first-order chi connectivity index (χ1) is 14.0. The summed E-state index contributed by atoms with van der Waals surface area (Å²) in [5.74, 6) is 1.04. The SMILES string of the molecule is CC(=O)N1C2CCC(C3CNN(CC(C)(C)O)C3)CC2N(C(=O)OC(C)C)C[C@@H]1C. The fourth-order valence-corrected chi connectivity index (χ4v) is 5.67. The molecular weight excluding hydrogens is 384 g/mol. The van der Waals surface area contributed by atoms with Gasteiger partial charge in [-0.15, -0.1) is 0 Å². The zero-order valence-corrected chi connectivity index (χ0v) is 19.4. The van der Waals surface area contributed by atoms with Crippen LogP contribution in [-0.4, -0.2) is 87.9 Å². The van der Waals surface area contributed by atoms with Crippen molar-refractivity contribution in [1.29, 1.82) is 0 Å². The lowest BCUT2D eigenvalue weighted by molar-refractivity contribution is -0.142. The molecule has 5 atom stereocenters. The van der Waals surface area contributed by atoms with Crippen LogP contribution in [0.5, 0.6) is 0 Å². The van der Waals surface area contributed by atoms with Gasteiger partial charge in [0.05, 0.1) is 23.8 Å². The largest absolute Gasteiger partial charge is 0.447 e. The fourth-order valence-electron chi connectivity index (χ4n) is 5.67. The Balaban J connectivity index is 1.73. The molecule has 1 saturated carbocycles. The monoisotopic (exact) mass is 424 g/mol. The molecule has 0 aromatic carbocycles. The molecule has 0 aromatic heterocycles. The van der Waals surface area contributed by atoms with Gasteiger partial charge >= 0.3 is 6.09 Å². The highest BCUT2D eigenvalue weighted by Gasteiger charge is 2.48. The number of carbonyl (C=O) groups is 2. The maximum absolute atomic E-state index is 12.9. The number of ether oxygens (including phenoxy) is 1. The van der Waals surface area contributed by atoms with Crippen LogP contribution >= 0.6 is 0 Å². The van der Waals surface area contributed by atoms with Crippen molar-refractivity contribution in [3.63, 3.8) is 0 Å². The lowest BCUT2D eigenvalue weighted by Gasteiger charge is -2.54. The molecule has 2 aliphatic heterocycles. The highest BCUT2D eigenvalue weighted by molar-refractivity contribution is 5.75. The van der Waals surface area contributed by atoms with E-state index in [0.29, 0.717) is 24.9 Å². The molecule has 2 heterocycles. The Morgan fingerprint density at radius 2 is 1.87 bits per heavy atom. The van der Waals surface area contributed by atoms with Crippen LogP contribution in [0.1, 0.15) is 60.8 Å². The normalized spacial score (nSPS) is 33.0. The molecule has 3 aliphatic rings. The minimum Gasteiger partial charge on any atom is -0.447 e. The molecule has 1 aliphatic carbocycles. The van der Waals surface area contributed by atoms with Crippen molar-refractivity contribution in [1.82, 2.24) is 20.2 Å². The Hall–Kier alpha value is -1.38. The van der Waals surface area contributed by atoms with Gasteiger partial charge in [0.2, 0.25) is 5.91 Å². The summed E-state index contributed by atoms with van der Waals surface area (Å²) in [6.45, 7) is 13.9. The smallest absolute Gasteiger partial charge is 0.410 e. The third-order valence-corrected chi connectivity index (χ3v) is 6.73. The zero-order valence-electron chi connectivity index (χ0n) is 19.4. The molecular formula is C22H40N4O4. The topological polar surface area (TPSA) is 85.4 Å². The molecule has 2 N–H and O–H groups in total. The summed E-state index contributed by atoms with van der Waals surface area (Å²) in [6, 6.07) is 0.0536. The van der Waals surface area contributed by atoms with Crippen molar-refractivity contribution in [3.05, 3.63) is 0 Å². The number of piperazine rings is 1. The summed E-state index contributed by atoms with van der Waals surface area (Å²) in [7, 11) is 0. The molecule has 3 rings (SSSR count). The van der Waals surface area contributed by atoms with Gasteiger partial charge in [-0.1, -0.05) is 0 Å². The van der Waals surface area contributed by atoms with Crippen LogP contribution in [-0.2, 0) is 9.53 Å². The maximum Gasteiger partial charge on any atom is 0.410 e. The van der Waals surface area contributed by atoms with Crippen molar-refractivity contribution in [2.45, 2.75) is 90.6 Å². The van der Waals surface area contributed by atoms with Crippen LogP contribution in [0.25, 0.3) is 0 Å². The zero-order chi connectivity index (χ0) is 22.2. The predicted octanol–water partition coefficient (Wildman–Crippen LogP) is 1.83. The lowest BCUT2D eigenvalue weighted by Crippen LogP contribution is -2.67. The van der Waals surface area contributed by atoms with Crippen molar-refractivity contribution in [2.75, 3.05) is 26.2 Å². The van der Waals surface area contributed by atoms with Crippen LogP contribution in [0.3, 0.4) is 0 Å². The number of β-amino-alcohol motifs (C(OH)–C–C–N with tert-alkyl or cyclic N) is 1. The quantitative estimate of drug-likeness (QED) is 0.716. The van der Waals surface area contributed by atoms with Crippen LogP contribution in [0.2, 0.25) is 0 Å². The number of aliphatic hydroxyl groups is 1. The second-order valence-corrected chi connectivity index (χ2v) is 10.4. The molecule has 8 nitrogen and oxygen atoms in total. The number of rotatable bonds is 4. The van der Waals surface area contributed by atoms with Gasteiger partial charge in [-0.3, -0.25) is 10.2 Å². The minimum atomic E-state index is -0.738. The Labute approximate surface area is 180 Å².